The molecule has 0 aromatic rings. The Kier molecular flexibility index (Phi) is 8.55. The summed E-state index contributed by atoms with van der Waals surface area (Å²) >= 11 is 3.73. The predicted octanol–water partition coefficient (Wildman–Crippen LogP) is 4.84. The van der Waals surface area contributed by atoms with Gasteiger partial charge in [-0.1, -0.05) is 61.9 Å². The second-order valence-electron chi connectivity index (χ2n) is 5.62. The molecule has 1 saturated heterocycles. The molecule has 0 bridgehead atoms. The third-order valence-electron chi connectivity index (χ3n) is 4.11. The molecule has 0 aliphatic carbocycles. The highest BCUT2D eigenvalue weighted by atomic mass is 79.9. The molecule has 1 heterocycles. The number of rotatable bonds is 8. The quantitative estimate of drug-likeness (QED) is 0.458. The van der Waals surface area contributed by atoms with Crippen LogP contribution in [0.1, 0.15) is 65.2 Å². The Morgan fingerprint density at radius 2 is 1.65 bits per heavy atom. The number of alkyl halides is 1. The van der Waals surface area contributed by atoms with Gasteiger partial charge in [-0.3, -0.25) is 0 Å². The van der Waals surface area contributed by atoms with Gasteiger partial charge in [0.15, 0.2) is 0 Å². The number of nitrogens with zero attached hydrogens (tertiary/aromatic N) is 1. The third kappa shape index (κ3) is 6.81. The van der Waals surface area contributed by atoms with Gasteiger partial charge >= 0.3 is 0 Å². The standard InChI is InChI=1S/C15H30BrN/c1-3-4-5-6-7-8-11-17-12-9-15(10-13-17)14(2)16/h14-15H,3-13H2,1-2H3. The first-order valence-electron chi connectivity index (χ1n) is 7.60. The molecular weight excluding hydrogens is 274 g/mol. The lowest BCUT2D eigenvalue weighted by atomic mass is 9.94. The first kappa shape index (κ1) is 15.5. The maximum Gasteiger partial charge on any atom is 0.0146 e. The molecule has 1 aliphatic rings. The summed E-state index contributed by atoms with van der Waals surface area (Å²) in [4.78, 5) is 3.38. The van der Waals surface area contributed by atoms with E-state index < -0.39 is 0 Å². The Bertz CT molecular complexity index is 174. The highest BCUT2D eigenvalue weighted by molar-refractivity contribution is 9.09. The number of hydrogen-bond acceptors (Lipinski definition) is 1. The van der Waals surface area contributed by atoms with Gasteiger partial charge in [0.1, 0.15) is 0 Å². The molecule has 1 nitrogen and oxygen atoms in total. The first-order chi connectivity index (χ1) is 8.24. The molecule has 0 amide bonds. The zero-order valence-electron chi connectivity index (χ0n) is 11.8. The van der Waals surface area contributed by atoms with Crippen LogP contribution in [-0.2, 0) is 0 Å². The van der Waals surface area contributed by atoms with Crippen molar-refractivity contribution in [3.8, 4) is 0 Å². The molecule has 1 atom stereocenters. The third-order valence-corrected chi connectivity index (χ3v) is 4.86. The Balaban J connectivity index is 1.95. The molecule has 1 fully saturated rings. The molecule has 102 valence electrons. The van der Waals surface area contributed by atoms with Gasteiger partial charge in [0, 0.05) is 4.83 Å². The fourth-order valence-electron chi connectivity index (χ4n) is 2.75. The van der Waals surface area contributed by atoms with Crippen molar-refractivity contribution >= 4 is 15.9 Å². The second-order valence-corrected chi connectivity index (χ2v) is 7.07. The van der Waals surface area contributed by atoms with Crippen molar-refractivity contribution in [2.45, 2.75) is 70.0 Å². The van der Waals surface area contributed by atoms with E-state index in [4.69, 9.17) is 0 Å². The highest BCUT2D eigenvalue weighted by Gasteiger charge is 2.21. The average molecular weight is 304 g/mol. The van der Waals surface area contributed by atoms with Crippen LogP contribution in [-0.4, -0.2) is 29.4 Å². The number of likely N-dealkylation sites (tertiary alicyclic amines) is 1. The summed E-state index contributed by atoms with van der Waals surface area (Å²) in [6, 6.07) is 0. The van der Waals surface area contributed by atoms with Crippen molar-refractivity contribution in [1.82, 2.24) is 4.90 Å². The summed E-state index contributed by atoms with van der Waals surface area (Å²) in [5.41, 5.74) is 0. The molecule has 0 saturated carbocycles. The molecule has 1 rings (SSSR count). The van der Waals surface area contributed by atoms with Gasteiger partial charge in [0.25, 0.3) is 0 Å². The topological polar surface area (TPSA) is 3.24 Å². The van der Waals surface area contributed by atoms with Gasteiger partial charge in [-0.2, -0.15) is 0 Å². The molecule has 2 heteroatoms. The largest absolute Gasteiger partial charge is 0.303 e. The van der Waals surface area contributed by atoms with Crippen LogP contribution >= 0.6 is 15.9 Å². The van der Waals surface area contributed by atoms with Crippen molar-refractivity contribution in [3.63, 3.8) is 0 Å². The molecule has 0 radical (unpaired) electrons. The smallest absolute Gasteiger partial charge is 0.0146 e. The van der Waals surface area contributed by atoms with Crippen LogP contribution in [0, 0.1) is 5.92 Å². The molecule has 17 heavy (non-hydrogen) atoms. The van der Waals surface area contributed by atoms with E-state index in [1.54, 1.807) is 0 Å². The molecule has 1 aliphatic heterocycles. The zero-order valence-corrected chi connectivity index (χ0v) is 13.3. The summed E-state index contributed by atoms with van der Waals surface area (Å²) in [6.45, 7) is 8.59. The molecular formula is C15H30BrN. The Morgan fingerprint density at radius 1 is 1.06 bits per heavy atom. The summed E-state index contributed by atoms with van der Waals surface area (Å²) in [5.74, 6) is 0.913. The van der Waals surface area contributed by atoms with E-state index >= 15 is 0 Å². The molecule has 0 N–H and O–H groups in total. The number of unbranched alkanes of at least 4 members (excludes halogenated alkanes) is 5. The number of hydrogen-bond donors (Lipinski definition) is 0. The molecule has 0 aromatic heterocycles. The van der Waals surface area contributed by atoms with E-state index in [0.717, 1.165) is 5.92 Å². The maximum absolute atomic E-state index is 3.73. The second kappa shape index (κ2) is 9.38. The van der Waals surface area contributed by atoms with Gasteiger partial charge in [-0.25, -0.2) is 0 Å². The van der Waals surface area contributed by atoms with Crippen LogP contribution < -0.4 is 0 Å². The van der Waals surface area contributed by atoms with E-state index in [1.807, 2.05) is 0 Å². The van der Waals surface area contributed by atoms with Crippen LogP contribution in [0.4, 0.5) is 0 Å². The van der Waals surface area contributed by atoms with Crippen molar-refractivity contribution in [3.05, 3.63) is 0 Å². The lowest BCUT2D eigenvalue weighted by Crippen LogP contribution is -2.36. The minimum Gasteiger partial charge on any atom is -0.303 e. The summed E-state index contributed by atoms with van der Waals surface area (Å²) < 4.78 is 0. The van der Waals surface area contributed by atoms with Crippen LogP contribution in [0.3, 0.4) is 0 Å². The average Bonchev–Trinajstić information content (AvgIpc) is 2.34. The van der Waals surface area contributed by atoms with Gasteiger partial charge in [0.05, 0.1) is 0 Å². The molecule has 1 unspecified atom stereocenters. The minimum atomic E-state index is 0.707. The van der Waals surface area contributed by atoms with E-state index in [0.29, 0.717) is 4.83 Å². The van der Waals surface area contributed by atoms with Crippen molar-refractivity contribution in [2.75, 3.05) is 19.6 Å². The Hall–Kier alpha value is 0.440. The summed E-state index contributed by atoms with van der Waals surface area (Å²) in [6.07, 6.45) is 11.3. The van der Waals surface area contributed by atoms with Crippen LogP contribution in [0.2, 0.25) is 0 Å². The van der Waals surface area contributed by atoms with Crippen LogP contribution in [0.15, 0.2) is 0 Å². The fourth-order valence-corrected chi connectivity index (χ4v) is 3.28. The minimum absolute atomic E-state index is 0.707. The van der Waals surface area contributed by atoms with Crippen molar-refractivity contribution < 1.29 is 0 Å². The highest BCUT2D eigenvalue weighted by Crippen LogP contribution is 2.25. The maximum atomic E-state index is 3.73. The van der Waals surface area contributed by atoms with Gasteiger partial charge in [-0.05, 0) is 44.8 Å². The van der Waals surface area contributed by atoms with E-state index in [2.05, 4.69) is 34.7 Å². The summed E-state index contributed by atoms with van der Waals surface area (Å²) in [7, 11) is 0. The zero-order chi connectivity index (χ0) is 12.5. The van der Waals surface area contributed by atoms with Crippen molar-refractivity contribution in [2.24, 2.45) is 5.92 Å². The Morgan fingerprint density at radius 3 is 2.24 bits per heavy atom. The van der Waals surface area contributed by atoms with Gasteiger partial charge in [-0.15, -0.1) is 0 Å². The SMILES string of the molecule is CCCCCCCCN1CCC(C(C)Br)CC1. The van der Waals surface area contributed by atoms with Crippen LogP contribution in [0.25, 0.3) is 0 Å². The van der Waals surface area contributed by atoms with E-state index in [1.165, 1.54) is 71.0 Å². The lowest BCUT2D eigenvalue weighted by Gasteiger charge is -2.33. The lowest BCUT2D eigenvalue weighted by molar-refractivity contribution is 0.182. The number of piperidine rings is 1. The van der Waals surface area contributed by atoms with Crippen molar-refractivity contribution in [1.29, 1.82) is 0 Å². The first-order valence-corrected chi connectivity index (χ1v) is 8.52. The van der Waals surface area contributed by atoms with Crippen LogP contribution in [0.5, 0.6) is 0 Å². The fraction of sp³-hybridized carbons (Fsp3) is 1.00. The normalized spacial score (nSPS) is 20.6. The predicted molar refractivity (Wildman–Crippen MR) is 80.9 cm³/mol. The van der Waals surface area contributed by atoms with E-state index in [9.17, 15) is 0 Å². The molecule has 0 aromatic carbocycles. The van der Waals surface area contributed by atoms with Gasteiger partial charge < -0.3 is 4.90 Å². The monoisotopic (exact) mass is 303 g/mol. The molecule has 0 spiro atoms. The Labute approximate surface area is 116 Å². The van der Waals surface area contributed by atoms with E-state index in [-0.39, 0.29) is 0 Å². The summed E-state index contributed by atoms with van der Waals surface area (Å²) in [5, 5.41) is 0. The number of halogens is 1. The van der Waals surface area contributed by atoms with Gasteiger partial charge in [0.2, 0.25) is 0 Å².